The van der Waals surface area contributed by atoms with Crippen LogP contribution in [0.2, 0.25) is 0 Å². The summed E-state index contributed by atoms with van der Waals surface area (Å²) >= 11 is 0. The Morgan fingerprint density at radius 2 is 1.42 bits per heavy atom. The summed E-state index contributed by atoms with van der Waals surface area (Å²) in [4.78, 5) is 0. The van der Waals surface area contributed by atoms with E-state index in [2.05, 4.69) is 0 Å². The summed E-state index contributed by atoms with van der Waals surface area (Å²) in [5.41, 5.74) is 0. The largest absolute Gasteiger partial charge is 0.394 e. The van der Waals surface area contributed by atoms with Crippen molar-refractivity contribution in [3.63, 3.8) is 0 Å². The molecule has 154 valence electrons. The summed E-state index contributed by atoms with van der Waals surface area (Å²) in [7, 11) is 1.41. The molecule has 0 aromatic rings. The van der Waals surface area contributed by atoms with Crippen LogP contribution in [0.1, 0.15) is 6.92 Å². The maximum atomic E-state index is 10.4. The average Bonchev–Trinajstić information content (AvgIpc) is 2.63. The van der Waals surface area contributed by atoms with E-state index in [-0.39, 0.29) is 6.79 Å². The highest BCUT2D eigenvalue weighted by Crippen LogP contribution is 2.30. The Hall–Kier alpha value is -0.440. The minimum atomic E-state index is -1.63. The zero-order valence-electron chi connectivity index (χ0n) is 14.6. The van der Waals surface area contributed by atoms with E-state index in [4.69, 9.17) is 23.7 Å². The molecule has 2 saturated heterocycles. The van der Waals surface area contributed by atoms with E-state index in [1.54, 1.807) is 6.92 Å². The molecule has 10 unspecified atom stereocenters. The van der Waals surface area contributed by atoms with Crippen LogP contribution in [0.5, 0.6) is 0 Å². The SMILES string of the molecule is COCOC1C(C)OC(CO)C(O)C1OC1OC(CO)C(O)C(O)C1O. The van der Waals surface area contributed by atoms with Crippen LogP contribution in [0.4, 0.5) is 0 Å². The van der Waals surface area contributed by atoms with E-state index in [0.717, 1.165) is 0 Å². The van der Waals surface area contributed by atoms with Gasteiger partial charge < -0.3 is 54.3 Å². The van der Waals surface area contributed by atoms with Crippen LogP contribution < -0.4 is 0 Å². The van der Waals surface area contributed by atoms with Crippen LogP contribution in [0.3, 0.4) is 0 Å². The van der Waals surface area contributed by atoms with Crippen molar-refractivity contribution in [1.29, 1.82) is 0 Å². The first-order valence-electron chi connectivity index (χ1n) is 8.36. The average molecular weight is 384 g/mol. The first-order chi connectivity index (χ1) is 12.3. The summed E-state index contributed by atoms with van der Waals surface area (Å²) < 4.78 is 26.8. The summed E-state index contributed by atoms with van der Waals surface area (Å²) in [5.74, 6) is 0. The molecule has 2 fully saturated rings. The van der Waals surface area contributed by atoms with Gasteiger partial charge in [0.1, 0.15) is 55.6 Å². The fourth-order valence-corrected chi connectivity index (χ4v) is 3.13. The Morgan fingerprint density at radius 1 is 0.808 bits per heavy atom. The highest BCUT2D eigenvalue weighted by Gasteiger charge is 2.50. The van der Waals surface area contributed by atoms with Crippen molar-refractivity contribution in [3.8, 4) is 0 Å². The molecule has 26 heavy (non-hydrogen) atoms. The summed E-state index contributed by atoms with van der Waals surface area (Å²) in [5, 5.41) is 58.9. The molecule has 0 radical (unpaired) electrons. The number of aliphatic hydroxyl groups is 6. The molecule has 0 saturated carbocycles. The molecule has 2 aliphatic rings. The van der Waals surface area contributed by atoms with Crippen molar-refractivity contribution in [3.05, 3.63) is 0 Å². The smallest absolute Gasteiger partial charge is 0.187 e. The molecule has 6 N–H and O–H groups in total. The lowest BCUT2D eigenvalue weighted by atomic mass is 9.94. The minimum Gasteiger partial charge on any atom is -0.394 e. The van der Waals surface area contributed by atoms with Gasteiger partial charge in [-0.1, -0.05) is 0 Å². The van der Waals surface area contributed by atoms with Crippen LogP contribution in [-0.2, 0) is 23.7 Å². The fraction of sp³-hybridized carbons (Fsp3) is 1.00. The zero-order chi connectivity index (χ0) is 19.4. The second kappa shape index (κ2) is 9.66. The van der Waals surface area contributed by atoms with Gasteiger partial charge in [-0.25, -0.2) is 0 Å². The van der Waals surface area contributed by atoms with E-state index in [1.165, 1.54) is 7.11 Å². The normalized spacial score (nSPS) is 47.1. The van der Waals surface area contributed by atoms with Crippen LogP contribution in [0.25, 0.3) is 0 Å². The monoisotopic (exact) mass is 384 g/mol. The lowest BCUT2D eigenvalue weighted by Crippen LogP contribution is -2.64. The quantitative estimate of drug-likeness (QED) is 0.239. The molecule has 11 nitrogen and oxygen atoms in total. The van der Waals surface area contributed by atoms with Crippen LogP contribution >= 0.6 is 0 Å². The van der Waals surface area contributed by atoms with Crippen molar-refractivity contribution in [2.24, 2.45) is 0 Å². The Balaban J connectivity index is 2.17. The molecular weight excluding hydrogens is 356 g/mol. The predicted octanol–water partition coefficient (Wildman–Crippen LogP) is -3.70. The van der Waals surface area contributed by atoms with E-state index in [1.807, 2.05) is 0 Å². The highest BCUT2D eigenvalue weighted by atomic mass is 16.7. The van der Waals surface area contributed by atoms with Gasteiger partial charge in [-0.15, -0.1) is 0 Å². The molecule has 10 atom stereocenters. The highest BCUT2D eigenvalue weighted by molar-refractivity contribution is 4.95. The standard InChI is InChI=1S/C15H28O11/c1-6-13(23-5-22-2)14(10(19)8(4-17)24-6)26-15-12(21)11(20)9(18)7(3-16)25-15/h6-21H,3-5H2,1-2H3. The maximum Gasteiger partial charge on any atom is 0.187 e. The lowest BCUT2D eigenvalue weighted by molar-refractivity contribution is -0.346. The first kappa shape index (κ1) is 21.9. The molecule has 0 bridgehead atoms. The molecule has 2 heterocycles. The van der Waals surface area contributed by atoms with Crippen molar-refractivity contribution in [1.82, 2.24) is 0 Å². The summed E-state index contributed by atoms with van der Waals surface area (Å²) in [6.07, 6.45) is -12.2. The van der Waals surface area contributed by atoms with Gasteiger partial charge in [0.2, 0.25) is 0 Å². The van der Waals surface area contributed by atoms with Crippen molar-refractivity contribution in [2.45, 2.75) is 68.1 Å². The van der Waals surface area contributed by atoms with Crippen molar-refractivity contribution in [2.75, 3.05) is 27.1 Å². The molecular formula is C15H28O11. The second-order valence-corrected chi connectivity index (χ2v) is 6.39. The van der Waals surface area contributed by atoms with Crippen LogP contribution in [-0.4, -0.2) is 119 Å². The fourth-order valence-electron chi connectivity index (χ4n) is 3.13. The molecule has 0 spiro atoms. The third kappa shape index (κ3) is 4.51. The van der Waals surface area contributed by atoms with Gasteiger partial charge in [-0.3, -0.25) is 0 Å². The van der Waals surface area contributed by atoms with Gasteiger partial charge in [0, 0.05) is 7.11 Å². The van der Waals surface area contributed by atoms with Gasteiger partial charge in [0.25, 0.3) is 0 Å². The molecule has 0 aromatic heterocycles. The maximum absolute atomic E-state index is 10.4. The zero-order valence-corrected chi connectivity index (χ0v) is 14.6. The van der Waals surface area contributed by atoms with Crippen molar-refractivity contribution >= 4 is 0 Å². The predicted molar refractivity (Wildman–Crippen MR) is 82.8 cm³/mol. The third-order valence-corrected chi connectivity index (χ3v) is 4.59. The molecule has 0 aromatic carbocycles. The van der Waals surface area contributed by atoms with Gasteiger partial charge in [0.15, 0.2) is 6.29 Å². The van der Waals surface area contributed by atoms with Gasteiger partial charge >= 0.3 is 0 Å². The van der Waals surface area contributed by atoms with Gasteiger partial charge in [-0.05, 0) is 6.92 Å². The number of ether oxygens (including phenoxy) is 5. The Kier molecular flexibility index (Phi) is 8.12. The Labute approximate surface area is 150 Å². The van der Waals surface area contributed by atoms with Crippen molar-refractivity contribution < 1.29 is 54.3 Å². The Morgan fingerprint density at radius 3 is 2.00 bits per heavy atom. The minimum absolute atomic E-state index is 0.122. The van der Waals surface area contributed by atoms with E-state index in [9.17, 15) is 30.6 Å². The number of methoxy groups -OCH3 is 1. The lowest BCUT2D eigenvalue weighted by Gasteiger charge is -2.46. The number of rotatable bonds is 7. The number of aliphatic hydroxyl groups excluding tert-OH is 6. The topological polar surface area (TPSA) is 168 Å². The first-order valence-corrected chi connectivity index (χ1v) is 8.36. The summed E-state index contributed by atoms with van der Waals surface area (Å²) in [6.45, 7) is 0.444. The van der Waals surface area contributed by atoms with E-state index < -0.39 is 74.4 Å². The third-order valence-electron chi connectivity index (χ3n) is 4.59. The van der Waals surface area contributed by atoms with Crippen LogP contribution in [0, 0.1) is 0 Å². The second-order valence-electron chi connectivity index (χ2n) is 6.39. The van der Waals surface area contributed by atoms with Gasteiger partial charge in [0.05, 0.1) is 19.3 Å². The molecule has 11 heteroatoms. The summed E-state index contributed by atoms with van der Waals surface area (Å²) in [6, 6.07) is 0. The van der Waals surface area contributed by atoms with Crippen LogP contribution in [0.15, 0.2) is 0 Å². The molecule has 0 aliphatic carbocycles. The number of hydrogen-bond donors (Lipinski definition) is 6. The molecule has 0 amide bonds. The van der Waals surface area contributed by atoms with Gasteiger partial charge in [-0.2, -0.15) is 0 Å². The Bertz CT molecular complexity index is 422. The van der Waals surface area contributed by atoms with E-state index in [0.29, 0.717) is 0 Å². The molecule has 2 rings (SSSR count). The van der Waals surface area contributed by atoms with E-state index >= 15 is 0 Å². The number of hydrogen-bond acceptors (Lipinski definition) is 11. The molecule has 2 aliphatic heterocycles.